The molecule has 0 saturated carbocycles. The highest BCUT2D eigenvalue weighted by molar-refractivity contribution is 5.93. The Morgan fingerprint density at radius 2 is 2.05 bits per heavy atom. The summed E-state index contributed by atoms with van der Waals surface area (Å²) in [6.07, 6.45) is 0.607. The van der Waals surface area contributed by atoms with Gasteiger partial charge in [0.15, 0.2) is 0 Å². The van der Waals surface area contributed by atoms with Gasteiger partial charge in [-0.2, -0.15) is 0 Å². The third-order valence-electron chi connectivity index (χ3n) is 3.23. The van der Waals surface area contributed by atoms with Crippen molar-refractivity contribution in [3.63, 3.8) is 0 Å². The minimum atomic E-state index is -1.11. The summed E-state index contributed by atoms with van der Waals surface area (Å²) >= 11 is 0. The molecule has 6 heteroatoms. The topological polar surface area (TPSA) is 78.4 Å². The van der Waals surface area contributed by atoms with Gasteiger partial charge in [-0.3, -0.25) is 0 Å². The smallest absolute Gasteiger partial charge is 0.326 e. The molecule has 0 aliphatic rings. The quantitative estimate of drug-likeness (QED) is 0.777. The molecule has 0 spiro atoms. The van der Waals surface area contributed by atoms with Crippen molar-refractivity contribution in [2.45, 2.75) is 33.2 Å². The van der Waals surface area contributed by atoms with Gasteiger partial charge in [-0.25, -0.2) is 14.0 Å². The number of carboxylic acid groups (broad SMARTS) is 1. The van der Waals surface area contributed by atoms with Gasteiger partial charge in [0.25, 0.3) is 0 Å². The number of aliphatic carboxylic acids is 1. The van der Waals surface area contributed by atoms with Crippen LogP contribution in [0.2, 0.25) is 0 Å². The number of hydrogen-bond donors (Lipinski definition) is 3. The Hall–Kier alpha value is -2.11. The van der Waals surface area contributed by atoms with E-state index in [-0.39, 0.29) is 11.6 Å². The Balaban J connectivity index is 2.79. The Bertz CT molecular complexity index is 485. The molecule has 0 unspecified atom stereocenters. The number of amides is 2. The van der Waals surface area contributed by atoms with E-state index in [9.17, 15) is 14.0 Å². The van der Waals surface area contributed by atoms with E-state index in [1.54, 1.807) is 19.9 Å². The number of anilines is 1. The molecular formula is C14H19FN2O3. The van der Waals surface area contributed by atoms with Crippen molar-refractivity contribution in [1.82, 2.24) is 5.32 Å². The molecular weight excluding hydrogens is 263 g/mol. The monoisotopic (exact) mass is 282 g/mol. The molecule has 1 rings (SSSR count). The molecule has 1 aromatic rings. The second-order valence-electron chi connectivity index (χ2n) is 4.73. The van der Waals surface area contributed by atoms with Crippen LogP contribution in [-0.4, -0.2) is 23.1 Å². The van der Waals surface area contributed by atoms with Gasteiger partial charge in [0.1, 0.15) is 11.9 Å². The molecule has 0 radical (unpaired) electrons. The van der Waals surface area contributed by atoms with Crippen molar-refractivity contribution in [2.75, 3.05) is 5.32 Å². The van der Waals surface area contributed by atoms with Gasteiger partial charge in [-0.15, -0.1) is 0 Å². The summed E-state index contributed by atoms with van der Waals surface area (Å²) in [6, 6.07) is 2.68. The van der Waals surface area contributed by atoms with Gasteiger partial charge in [0, 0.05) is 0 Å². The number of halogens is 1. The average Bonchev–Trinajstić information content (AvgIpc) is 2.39. The van der Waals surface area contributed by atoms with Crippen LogP contribution in [0.3, 0.4) is 0 Å². The largest absolute Gasteiger partial charge is 0.480 e. The number of carbonyl (C=O) groups is 2. The summed E-state index contributed by atoms with van der Waals surface area (Å²) in [6.45, 7) is 5.22. The number of aryl methyl sites for hydroxylation is 1. The lowest BCUT2D eigenvalue weighted by Crippen LogP contribution is -2.46. The van der Waals surface area contributed by atoms with Crippen molar-refractivity contribution in [3.8, 4) is 0 Å². The van der Waals surface area contributed by atoms with Crippen molar-refractivity contribution in [1.29, 1.82) is 0 Å². The molecule has 2 amide bonds. The summed E-state index contributed by atoms with van der Waals surface area (Å²) in [5, 5.41) is 13.8. The van der Waals surface area contributed by atoms with E-state index in [1.807, 2.05) is 6.92 Å². The van der Waals surface area contributed by atoms with Crippen LogP contribution in [0, 0.1) is 18.7 Å². The summed E-state index contributed by atoms with van der Waals surface area (Å²) in [5.41, 5.74) is 0.619. The number of benzene rings is 1. The maximum Gasteiger partial charge on any atom is 0.326 e. The zero-order chi connectivity index (χ0) is 15.3. The van der Waals surface area contributed by atoms with Crippen molar-refractivity contribution in [2.24, 2.45) is 5.92 Å². The zero-order valence-corrected chi connectivity index (χ0v) is 11.7. The maximum atomic E-state index is 13.6. The van der Waals surface area contributed by atoms with Crippen molar-refractivity contribution >= 4 is 17.7 Å². The number of carbonyl (C=O) groups excluding carboxylic acids is 1. The lowest BCUT2D eigenvalue weighted by Gasteiger charge is -2.20. The highest BCUT2D eigenvalue weighted by Gasteiger charge is 2.25. The standard InChI is InChI=1S/C14H19FN2O3/c1-4-8(2)12(13(18)19)17-14(20)16-11-9(3)6-5-7-10(11)15/h5-8,12H,4H2,1-3H3,(H,18,19)(H2,16,17,20)/t8-,12-/m0/s1. The Morgan fingerprint density at radius 1 is 1.40 bits per heavy atom. The summed E-state index contributed by atoms with van der Waals surface area (Å²) in [7, 11) is 0. The molecule has 0 bridgehead atoms. The molecule has 0 saturated heterocycles. The van der Waals surface area contributed by atoms with Crippen molar-refractivity contribution in [3.05, 3.63) is 29.6 Å². The van der Waals surface area contributed by atoms with E-state index >= 15 is 0 Å². The van der Waals surface area contributed by atoms with Gasteiger partial charge in [0.05, 0.1) is 5.69 Å². The molecule has 0 aliphatic heterocycles. The van der Waals surface area contributed by atoms with Crippen LogP contribution in [0.5, 0.6) is 0 Å². The van der Waals surface area contributed by atoms with Gasteiger partial charge in [-0.05, 0) is 24.5 Å². The molecule has 5 nitrogen and oxygen atoms in total. The van der Waals surface area contributed by atoms with Crippen LogP contribution >= 0.6 is 0 Å². The minimum absolute atomic E-state index is 0.0540. The second-order valence-corrected chi connectivity index (χ2v) is 4.73. The van der Waals surface area contributed by atoms with E-state index in [0.717, 1.165) is 0 Å². The fourth-order valence-electron chi connectivity index (χ4n) is 1.76. The Kier molecular flexibility index (Phi) is 5.49. The highest BCUT2D eigenvalue weighted by atomic mass is 19.1. The summed E-state index contributed by atoms with van der Waals surface area (Å²) in [4.78, 5) is 22.9. The van der Waals surface area contributed by atoms with E-state index in [2.05, 4.69) is 10.6 Å². The van der Waals surface area contributed by atoms with E-state index in [4.69, 9.17) is 5.11 Å². The van der Waals surface area contributed by atoms with E-state index < -0.39 is 23.9 Å². The summed E-state index contributed by atoms with van der Waals surface area (Å²) in [5.74, 6) is -1.89. The van der Waals surface area contributed by atoms with Crippen LogP contribution in [0.1, 0.15) is 25.8 Å². The maximum absolute atomic E-state index is 13.6. The zero-order valence-electron chi connectivity index (χ0n) is 11.7. The van der Waals surface area contributed by atoms with Crippen LogP contribution in [0.15, 0.2) is 18.2 Å². The Morgan fingerprint density at radius 3 is 2.55 bits per heavy atom. The first-order chi connectivity index (χ1) is 9.36. The molecule has 20 heavy (non-hydrogen) atoms. The number of rotatable bonds is 5. The molecule has 0 heterocycles. The lowest BCUT2D eigenvalue weighted by molar-refractivity contribution is -0.140. The van der Waals surface area contributed by atoms with Gasteiger partial charge >= 0.3 is 12.0 Å². The van der Waals surface area contributed by atoms with Crippen LogP contribution < -0.4 is 10.6 Å². The summed E-state index contributed by atoms with van der Waals surface area (Å²) < 4.78 is 13.6. The predicted molar refractivity (Wildman–Crippen MR) is 74.2 cm³/mol. The fraction of sp³-hybridized carbons (Fsp3) is 0.429. The number of urea groups is 1. The molecule has 110 valence electrons. The number of hydrogen-bond acceptors (Lipinski definition) is 2. The second kappa shape index (κ2) is 6.88. The highest BCUT2D eigenvalue weighted by Crippen LogP contribution is 2.18. The third kappa shape index (κ3) is 3.94. The van der Waals surface area contributed by atoms with Crippen LogP contribution in [0.4, 0.5) is 14.9 Å². The number of para-hydroxylation sites is 1. The molecule has 2 atom stereocenters. The fourth-order valence-corrected chi connectivity index (χ4v) is 1.76. The van der Waals surface area contributed by atoms with Crippen LogP contribution in [-0.2, 0) is 4.79 Å². The van der Waals surface area contributed by atoms with Crippen molar-refractivity contribution < 1.29 is 19.1 Å². The first-order valence-corrected chi connectivity index (χ1v) is 6.42. The number of carboxylic acids is 1. The molecule has 1 aromatic carbocycles. The average molecular weight is 282 g/mol. The predicted octanol–water partition coefficient (Wildman–Crippen LogP) is 2.75. The molecule has 0 fully saturated rings. The van der Waals surface area contributed by atoms with Crippen LogP contribution in [0.25, 0.3) is 0 Å². The third-order valence-corrected chi connectivity index (χ3v) is 3.23. The molecule has 3 N–H and O–H groups in total. The SMILES string of the molecule is CC[C@H](C)[C@H](NC(=O)Nc1c(C)cccc1F)C(=O)O. The molecule has 0 aromatic heterocycles. The normalized spacial score (nSPS) is 13.4. The lowest BCUT2D eigenvalue weighted by atomic mass is 9.99. The van der Waals surface area contributed by atoms with Gasteiger partial charge < -0.3 is 15.7 Å². The van der Waals surface area contributed by atoms with Gasteiger partial charge in [-0.1, -0.05) is 32.4 Å². The minimum Gasteiger partial charge on any atom is -0.480 e. The molecule has 0 aliphatic carbocycles. The van der Waals surface area contributed by atoms with E-state index in [1.165, 1.54) is 12.1 Å². The Labute approximate surface area is 117 Å². The first-order valence-electron chi connectivity index (χ1n) is 6.42. The first kappa shape index (κ1) is 15.9. The van der Waals surface area contributed by atoms with Gasteiger partial charge in [0.2, 0.25) is 0 Å². The van der Waals surface area contributed by atoms with E-state index in [0.29, 0.717) is 12.0 Å². The number of nitrogens with one attached hydrogen (secondary N) is 2.